The molecule has 5 nitrogen and oxygen atoms in total. The van der Waals surface area contributed by atoms with E-state index in [0.29, 0.717) is 6.42 Å². The van der Waals surface area contributed by atoms with Crippen LogP contribution in [0.1, 0.15) is 25.8 Å². The summed E-state index contributed by atoms with van der Waals surface area (Å²) in [6.45, 7) is 3.53. The van der Waals surface area contributed by atoms with E-state index >= 15 is 0 Å². The lowest BCUT2D eigenvalue weighted by molar-refractivity contribution is -0.137. The van der Waals surface area contributed by atoms with Gasteiger partial charge in [0.25, 0.3) is 5.91 Å². The molecular weight excluding hydrogens is 437 g/mol. The third-order valence-corrected chi connectivity index (χ3v) is 8.37. The van der Waals surface area contributed by atoms with Gasteiger partial charge in [-0.2, -0.15) is 18.2 Å². The Bertz CT molecular complexity index is 934. The second kappa shape index (κ2) is 7.53. The van der Waals surface area contributed by atoms with Crippen LogP contribution in [0.3, 0.4) is 0 Å². The lowest BCUT2D eigenvalue weighted by atomic mass is 10.1. The minimum atomic E-state index is -4.59. The van der Waals surface area contributed by atoms with Gasteiger partial charge in [-0.25, -0.2) is 8.42 Å². The third kappa shape index (κ3) is 4.18. The van der Waals surface area contributed by atoms with Crippen molar-refractivity contribution in [3.05, 3.63) is 28.8 Å². The van der Waals surface area contributed by atoms with Gasteiger partial charge in [-0.3, -0.25) is 4.79 Å². The molecule has 3 atom stereocenters. The summed E-state index contributed by atoms with van der Waals surface area (Å²) in [7, 11) is -3.34. The van der Waals surface area contributed by atoms with E-state index in [4.69, 9.17) is 11.6 Å². The standard InChI is InChI=1S/C17H18ClF3N2O3S2/c1-3-9(2)15(24)22-16-23(13-7-28(25,26)8-14(13)27-16)12-6-10(17(19,20)21)4-5-11(12)18/h4-6,9,13-14H,3,7-8H2,1-2H3/t9-,13+,14+/m0/s1. The Morgan fingerprint density at radius 2 is 2.07 bits per heavy atom. The average Bonchev–Trinajstić information content (AvgIpc) is 3.04. The SMILES string of the molecule is CC[C@H](C)C(=O)N=C1S[C@@H]2CS(=O)(=O)C[C@H]2N1c1cc(C(F)(F)F)ccc1Cl. The maximum Gasteiger partial charge on any atom is 0.416 e. The van der Waals surface area contributed by atoms with Crippen LogP contribution in [-0.2, 0) is 20.8 Å². The van der Waals surface area contributed by atoms with E-state index in [-0.39, 0.29) is 33.3 Å². The largest absolute Gasteiger partial charge is 0.416 e. The molecule has 0 bridgehead atoms. The predicted molar refractivity (Wildman–Crippen MR) is 105 cm³/mol. The zero-order valence-corrected chi connectivity index (χ0v) is 17.4. The van der Waals surface area contributed by atoms with E-state index in [1.54, 1.807) is 6.92 Å². The molecule has 0 spiro atoms. The molecule has 2 fully saturated rings. The maximum absolute atomic E-state index is 13.2. The Labute approximate surface area is 170 Å². The topological polar surface area (TPSA) is 66.8 Å². The van der Waals surface area contributed by atoms with Crippen LogP contribution < -0.4 is 4.90 Å². The number of thioether (sulfide) groups is 1. The molecule has 11 heteroatoms. The Kier molecular flexibility index (Phi) is 5.77. The van der Waals surface area contributed by atoms with Gasteiger partial charge in [0.1, 0.15) is 0 Å². The first-order valence-corrected chi connectivity index (χ1v) is 11.7. The van der Waals surface area contributed by atoms with E-state index in [9.17, 15) is 26.4 Å². The number of fused-ring (bicyclic) bond motifs is 1. The van der Waals surface area contributed by atoms with Gasteiger partial charge in [-0.05, 0) is 24.6 Å². The molecule has 2 heterocycles. The molecule has 0 unspecified atom stereocenters. The smallest absolute Gasteiger partial charge is 0.314 e. The number of halogens is 4. The minimum absolute atomic E-state index is 0.00398. The number of amides is 1. The second-order valence-corrected chi connectivity index (χ2v) is 10.6. The number of aliphatic imine (C=N–C) groups is 1. The van der Waals surface area contributed by atoms with Gasteiger partial charge in [0, 0.05) is 11.2 Å². The molecule has 0 saturated carbocycles. The Balaban J connectivity index is 2.10. The normalized spacial score (nSPS) is 26.5. The van der Waals surface area contributed by atoms with Crippen LogP contribution in [0.25, 0.3) is 0 Å². The summed E-state index contributed by atoms with van der Waals surface area (Å²) >= 11 is 7.27. The molecule has 28 heavy (non-hydrogen) atoms. The van der Waals surface area contributed by atoms with Crippen molar-refractivity contribution in [2.45, 2.75) is 37.7 Å². The fourth-order valence-corrected chi connectivity index (χ4v) is 7.22. The number of anilines is 1. The van der Waals surface area contributed by atoms with Crippen LogP contribution in [-0.4, -0.2) is 42.3 Å². The first kappa shape index (κ1) is 21.4. The molecule has 0 N–H and O–H groups in total. The van der Waals surface area contributed by atoms with E-state index in [1.165, 1.54) is 4.90 Å². The van der Waals surface area contributed by atoms with Crippen molar-refractivity contribution in [3.8, 4) is 0 Å². The third-order valence-electron chi connectivity index (χ3n) is 4.84. The van der Waals surface area contributed by atoms with Crippen LogP contribution in [0, 0.1) is 5.92 Å². The highest BCUT2D eigenvalue weighted by Gasteiger charge is 2.50. The molecule has 2 aliphatic rings. The average molecular weight is 455 g/mol. The van der Waals surface area contributed by atoms with Crippen molar-refractivity contribution < 1.29 is 26.4 Å². The summed E-state index contributed by atoms with van der Waals surface area (Å²) in [4.78, 5) is 17.8. The van der Waals surface area contributed by atoms with E-state index in [0.717, 1.165) is 30.0 Å². The summed E-state index contributed by atoms with van der Waals surface area (Å²) in [6.07, 6.45) is -4.02. The highest BCUT2D eigenvalue weighted by Crippen LogP contribution is 2.44. The Hall–Kier alpha value is -1.26. The summed E-state index contributed by atoms with van der Waals surface area (Å²) in [5.74, 6) is -1.10. The van der Waals surface area contributed by atoms with Crippen molar-refractivity contribution in [3.63, 3.8) is 0 Å². The van der Waals surface area contributed by atoms with Crippen LogP contribution in [0.4, 0.5) is 18.9 Å². The van der Waals surface area contributed by atoms with Crippen molar-refractivity contribution in [2.75, 3.05) is 16.4 Å². The Morgan fingerprint density at radius 3 is 2.68 bits per heavy atom. The maximum atomic E-state index is 13.2. The number of hydrogen-bond acceptors (Lipinski definition) is 4. The number of sulfone groups is 1. The number of carbonyl (C=O) groups excluding carboxylic acids is 1. The fourth-order valence-electron chi connectivity index (χ4n) is 3.10. The number of amidine groups is 1. The van der Waals surface area contributed by atoms with Gasteiger partial charge in [0.2, 0.25) is 0 Å². The molecule has 3 rings (SSSR count). The van der Waals surface area contributed by atoms with Crippen molar-refractivity contribution in [2.24, 2.45) is 10.9 Å². The number of carbonyl (C=O) groups is 1. The zero-order valence-electron chi connectivity index (χ0n) is 15.0. The molecule has 154 valence electrons. The number of benzene rings is 1. The predicted octanol–water partition coefficient (Wildman–Crippen LogP) is 4.01. The summed E-state index contributed by atoms with van der Waals surface area (Å²) < 4.78 is 63.7. The van der Waals surface area contributed by atoms with Gasteiger partial charge in [-0.15, -0.1) is 0 Å². The minimum Gasteiger partial charge on any atom is -0.314 e. The molecule has 1 amide bonds. The summed E-state index contributed by atoms with van der Waals surface area (Å²) in [5, 5.41) is -0.197. The lowest BCUT2D eigenvalue weighted by Crippen LogP contribution is -2.38. The van der Waals surface area contributed by atoms with E-state index in [2.05, 4.69) is 4.99 Å². The van der Waals surface area contributed by atoms with E-state index < -0.39 is 38.8 Å². The number of nitrogens with zero attached hydrogens (tertiary/aromatic N) is 2. The molecule has 2 saturated heterocycles. The van der Waals surface area contributed by atoms with Crippen molar-refractivity contribution >= 4 is 50.0 Å². The highest BCUT2D eigenvalue weighted by atomic mass is 35.5. The van der Waals surface area contributed by atoms with E-state index in [1.807, 2.05) is 6.92 Å². The molecule has 1 aromatic rings. The van der Waals surface area contributed by atoms with Gasteiger partial charge in [0.15, 0.2) is 15.0 Å². The van der Waals surface area contributed by atoms with Gasteiger partial charge in [-0.1, -0.05) is 37.2 Å². The van der Waals surface area contributed by atoms with Crippen molar-refractivity contribution in [1.82, 2.24) is 0 Å². The van der Waals surface area contributed by atoms with Crippen LogP contribution in [0.2, 0.25) is 5.02 Å². The molecule has 0 radical (unpaired) electrons. The molecule has 0 aromatic heterocycles. The second-order valence-electron chi connectivity index (χ2n) is 6.88. The lowest BCUT2D eigenvalue weighted by Gasteiger charge is -2.26. The summed E-state index contributed by atoms with van der Waals surface area (Å²) in [6, 6.07) is 2.23. The molecule has 0 aliphatic carbocycles. The molecule has 1 aromatic carbocycles. The molecule has 2 aliphatic heterocycles. The van der Waals surface area contributed by atoms with Crippen LogP contribution in [0.5, 0.6) is 0 Å². The monoisotopic (exact) mass is 454 g/mol. The summed E-state index contributed by atoms with van der Waals surface area (Å²) in [5.41, 5.74) is -0.905. The number of rotatable bonds is 3. The highest BCUT2D eigenvalue weighted by molar-refractivity contribution is 8.16. The number of hydrogen-bond donors (Lipinski definition) is 0. The first-order chi connectivity index (χ1) is 12.9. The fraction of sp³-hybridized carbons (Fsp3) is 0.529. The van der Waals surface area contributed by atoms with Crippen LogP contribution >= 0.6 is 23.4 Å². The molecular formula is C17H18ClF3N2O3S2. The van der Waals surface area contributed by atoms with Crippen molar-refractivity contribution in [1.29, 1.82) is 0 Å². The van der Waals surface area contributed by atoms with Gasteiger partial charge >= 0.3 is 6.18 Å². The number of alkyl halides is 3. The zero-order chi connectivity index (χ0) is 20.9. The van der Waals surface area contributed by atoms with Gasteiger partial charge < -0.3 is 4.90 Å². The quantitative estimate of drug-likeness (QED) is 0.690. The van der Waals surface area contributed by atoms with Crippen LogP contribution in [0.15, 0.2) is 23.2 Å². The van der Waals surface area contributed by atoms with Gasteiger partial charge in [0.05, 0.1) is 33.8 Å². The Morgan fingerprint density at radius 1 is 1.39 bits per heavy atom. The first-order valence-electron chi connectivity index (χ1n) is 8.58.